The highest BCUT2D eigenvalue weighted by molar-refractivity contribution is 7.47. The van der Waals surface area contributed by atoms with E-state index in [0.717, 1.165) is 63.7 Å². The number of amides is 1. The number of phosphoric acid groups is 2. The SMILES string of the molecule is CC(=O)CCCCCCC(=O)CCCO[C@@H]1OC(CO)[C@H](O)[C@H](O)C1C.CC(=O)CCCCCCC(=O)CCCO[C@@H]1OC(CO)[C@H](O)[C@H](O)C1C.CC(C)C.COC[C@@H]1C[C@@H](OP(=O)(O)OC[C@@H]2C[C@@H](OP(=O)(O)OC[C@@H]3C[C@@H](O)CN3C(=O)CCCCCCC(=O)CCCO[C@@H]3OC(CO)[C@H](O)[C@H](O)C3C)CN2)CN1. The van der Waals surface area contributed by atoms with Crippen LogP contribution in [-0.4, -0.2) is 297 Å². The smallest absolute Gasteiger partial charge is 0.394 e. The van der Waals surface area contributed by atoms with Crippen LogP contribution in [0.4, 0.5) is 0 Å². The molecule has 6 heterocycles. The summed E-state index contributed by atoms with van der Waals surface area (Å²) < 4.78 is 84.6. The molecule has 34 nitrogen and oxygen atoms in total. The Hall–Kier alpha value is -2.72. The van der Waals surface area contributed by atoms with Gasteiger partial charge in [-0.05, 0) is 96.8 Å². The third-order valence-corrected chi connectivity index (χ3v) is 22.2. The lowest BCUT2D eigenvalue weighted by Gasteiger charge is -2.40. The van der Waals surface area contributed by atoms with Gasteiger partial charge in [-0.15, -0.1) is 0 Å². The average molecular weight is 1650 g/mol. The quantitative estimate of drug-likeness (QED) is 0.0295. The topological polar surface area (TPSA) is 508 Å². The lowest BCUT2D eigenvalue weighted by Crippen LogP contribution is -2.55. The fourth-order valence-corrected chi connectivity index (χ4v) is 15.5. The van der Waals surface area contributed by atoms with Crippen LogP contribution in [0.3, 0.4) is 0 Å². The standard InChI is InChI=1S/C34H63N3O17P2.2C19H34O7.C4H10/c1-22-32(42)33(43)30(18-38)52-34(22)49-11-7-9-26(39)8-5-3-4-6-10-31(41)37-17-27(40)14-25(37)21-51-56(46,47)54-29-13-24(36-16-29)20-50-55(44,45)53-28-12-23(19-48-2)35-15-28;2*1-13(21)8-5-3-4-6-9-15(22)10-7-11-25-19-14(2)17(23)18(24)16(12-20)26-19;1-4(2)3/h22-25,27-30,32-36,38,40,42-43H,3-21H2,1-2H3,(H,44,45)(H,46,47);2*14,16-20,23-24H,3-12H2,1-2H3;4H,1-3H3/t22?,23-,24-,25-,27+,28+,29+,30?,32+,33-,34+;2*14?,16?,17-,18+,19-;/m011./s1. The molecule has 0 aromatic heterocycles. The Balaban J connectivity index is 0.000000481. The Bertz CT molecular complexity index is 2650. The van der Waals surface area contributed by atoms with Gasteiger partial charge in [-0.25, -0.2) is 9.13 Å². The molecule has 36 heteroatoms. The molecule has 1 amide bonds. The van der Waals surface area contributed by atoms with Crippen molar-refractivity contribution in [3.05, 3.63) is 0 Å². The number of carbonyl (C=O) groups is 6. The van der Waals surface area contributed by atoms with Gasteiger partial charge in [-0.1, -0.05) is 80.1 Å². The molecule has 0 saturated carbocycles. The summed E-state index contributed by atoms with van der Waals surface area (Å²) >= 11 is 0. The van der Waals surface area contributed by atoms with E-state index >= 15 is 0 Å². The van der Waals surface area contributed by atoms with E-state index in [2.05, 4.69) is 31.4 Å². The predicted octanol–water partition coefficient (Wildman–Crippen LogP) is 4.48. The first-order chi connectivity index (χ1) is 53.0. The maximum absolute atomic E-state index is 13.0. The van der Waals surface area contributed by atoms with E-state index < -0.39 is 157 Å². The molecule has 6 fully saturated rings. The van der Waals surface area contributed by atoms with Gasteiger partial charge in [0.1, 0.15) is 65.5 Å². The Labute approximate surface area is 662 Å². The zero-order valence-corrected chi connectivity index (χ0v) is 69.5. The largest absolute Gasteiger partial charge is 0.472 e. The number of nitrogens with zero attached hydrogens (tertiary/aromatic N) is 1. The molecule has 6 aliphatic rings. The summed E-state index contributed by atoms with van der Waals surface area (Å²) in [6, 6.07) is -1.05. The third kappa shape index (κ3) is 41.8. The van der Waals surface area contributed by atoms with Crippen LogP contribution in [0.25, 0.3) is 0 Å². The lowest BCUT2D eigenvalue weighted by atomic mass is 9.92. The highest BCUT2D eigenvalue weighted by Crippen LogP contribution is 2.48. The number of Topliss-reactive ketones (excluding diaryl/α,β-unsaturated/α-hetero) is 5. The zero-order valence-electron chi connectivity index (χ0n) is 67.7. The van der Waals surface area contributed by atoms with E-state index in [1.165, 1.54) is 4.90 Å². The second-order valence-electron chi connectivity index (χ2n) is 31.3. The molecule has 6 aliphatic heterocycles. The summed E-state index contributed by atoms with van der Waals surface area (Å²) in [6.45, 7) is 15.0. The van der Waals surface area contributed by atoms with Gasteiger partial charge in [0.05, 0.1) is 102 Å². The number of ketones is 5. The molecule has 8 unspecified atom stereocenters. The number of ether oxygens (including phenoxy) is 7. The highest BCUT2D eigenvalue weighted by atomic mass is 31.2. The van der Waals surface area contributed by atoms with E-state index in [4.69, 9.17) is 51.3 Å². The van der Waals surface area contributed by atoms with Gasteiger partial charge in [0.2, 0.25) is 5.91 Å². The molecule has 6 saturated heterocycles. The van der Waals surface area contributed by atoms with Crippen LogP contribution in [0.15, 0.2) is 0 Å². The van der Waals surface area contributed by atoms with Crippen LogP contribution < -0.4 is 10.6 Å². The number of methoxy groups -OCH3 is 1. The van der Waals surface area contributed by atoms with Crippen molar-refractivity contribution in [1.82, 2.24) is 15.5 Å². The van der Waals surface area contributed by atoms with E-state index in [-0.39, 0.29) is 93.0 Å². The van der Waals surface area contributed by atoms with Crippen molar-refractivity contribution >= 4 is 50.5 Å². The minimum atomic E-state index is -4.56. The molecular formula is C76H141N3O31P2. The fraction of sp³-hybridized carbons (Fsp3) is 0.921. The number of nitrogens with one attached hydrogen (secondary N) is 2. The summed E-state index contributed by atoms with van der Waals surface area (Å²) in [7, 11) is -7.34. The van der Waals surface area contributed by atoms with Crippen molar-refractivity contribution < 1.29 is 150 Å². The number of aliphatic hydroxyl groups excluding tert-OH is 10. The summed E-state index contributed by atoms with van der Waals surface area (Å²) in [5, 5.41) is 104. The number of unbranched alkanes of at least 4 members (excludes halogenated alkanes) is 9. The van der Waals surface area contributed by atoms with Gasteiger partial charge in [0.15, 0.2) is 18.9 Å². The van der Waals surface area contributed by atoms with Crippen LogP contribution in [0.2, 0.25) is 0 Å². The number of carbonyl (C=O) groups excluding carboxylic acids is 6. The Morgan fingerprint density at radius 2 is 0.759 bits per heavy atom. The van der Waals surface area contributed by atoms with E-state index in [1.807, 2.05) is 0 Å². The summed E-state index contributed by atoms with van der Waals surface area (Å²) in [4.78, 5) is 92.7. The number of β-amino-alcohol motifs (C(OH)–C–C–N with tert-alkyl or cyclic N) is 1. The maximum Gasteiger partial charge on any atom is 0.472 e. The second-order valence-corrected chi connectivity index (χ2v) is 34.1. The van der Waals surface area contributed by atoms with Crippen molar-refractivity contribution in [2.75, 3.05) is 86.2 Å². The number of hydrogen-bond acceptors (Lipinski definition) is 31. The van der Waals surface area contributed by atoms with Gasteiger partial charge in [-0.3, -0.25) is 37.3 Å². The Morgan fingerprint density at radius 1 is 0.446 bits per heavy atom. The molecule has 0 aliphatic carbocycles. The Morgan fingerprint density at radius 3 is 1.09 bits per heavy atom. The van der Waals surface area contributed by atoms with Crippen LogP contribution in [0.5, 0.6) is 0 Å². The molecule has 23 atom stereocenters. The highest BCUT2D eigenvalue weighted by Gasteiger charge is 2.46. The molecule has 14 N–H and O–H groups in total. The van der Waals surface area contributed by atoms with Gasteiger partial charge < -0.3 is 119 Å². The number of hydrogen-bond donors (Lipinski definition) is 14. The summed E-state index contributed by atoms with van der Waals surface area (Å²) in [5.74, 6) is 0.183. The maximum atomic E-state index is 13.0. The normalized spacial score (nSPS) is 30.9. The number of likely N-dealkylation sites (tertiary alicyclic amines) is 1. The molecule has 656 valence electrons. The number of phosphoric ester groups is 2. The minimum absolute atomic E-state index is 0.0164. The molecular weight excluding hydrogens is 1510 g/mol. The Kier molecular flexibility index (Phi) is 52.4. The minimum Gasteiger partial charge on any atom is -0.394 e. The van der Waals surface area contributed by atoms with Crippen molar-refractivity contribution in [3.63, 3.8) is 0 Å². The van der Waals surface area contributed by atoms with Gasteiger partial charge in [0, 0.05) is 114 Å². The number of aliphatic hydroxyl groups is 10. The van der Waals surface area contributed by atoms with Crippen molar-refractivity contribution in [2.45, 2.75) is 339 Å². The van der Waals surface area contributed by atoms with Crippen molar-refractivity contribution in [1.29, 1.82) is 0 Å². The predicted molar refractivity (Wildman–Crippen MR) is 408 cm³/mol. The molecule has 6 rings (SSSR count). The molecule has 0 aromatic rings. The number of rotatable bonds is 51. The lowest BCUT2D eigenvalue weighted by molar-refractivity contribution is -0.282. The van der Waals surface area contributed by atoms with E-state index in [9.17, 15) is 98.7 Å². The van der Waals surface area contributed by atoms with Gasteiger partial charge >= 0.3 is 15.6 Å². The average Bonchev–Trinajstić information content (AvgIpc) is 1.24. The molecule has 0 spiro atoms. The molecule has 0 aromatic carbocycles. The van der Waals surface area contributed by atoms with Gasteiger partial charge in [-0.2, -0.15) is 0 Å². The monoisotopic (exact) mass is 1650 g/mol. The van der Waals surface area contributed by atoms with Crippen LogP contribution in [0, 0.1) is 23.7 Å². The van der Waals surface area contributed by atoms with Gasteiger partial charge in [0.25, 0.3) is 0 Å². The van der Waals surface area contributed by atoms with E-state index in [0.29, 0.717) is 123 Å². The van der Waals surface area contributed by atoms with Crippen molar-refractivity contribution in [3.8, 4) is 0 Å². The van der Waals surface area contributed by atoms with Crippen LogP contribution >= 0.6 is 15.6 Å². The summed E-state index contributed by atoms with van der Waals surface area (Å²) in [5.41, 5.74) is 0. The zero-order chi connectivity index (χ0) is 83.5. The summed E-state index contributed by atoms with van der Waals surface area (Å²) in [6.07, 6.45) is 3.14. The molecule has 112 heavy (non-hydrogen) atoms. The van der Waals surface area contributed by atoms with E-state index in [1.54, 1.807) is 41.7 Å². The molecule has 0 radical (unpaired) electrons. The first kappa shape index (κ1) is 103. The van der Waals surface area contributed by atoms with Crippen LogP contribution in [0.1, 0.15) is 229 Å². The third-order valence-electron chi connectivity index (χ3n) is 20.2. The second kappa shape index (κ2) is 56.7. The first-order valence-electron chi connectivity index (χ1n) is 40.6. The van der Waals surface area contributed by atoms with Crippen molar-refractivity contribution in [2.24, 2.45) is 23.7 Å². The molecule has 0 bridgehead atoms. The van der Waals surface area contributed by atoms with Crippen LogP contribution in [-0.2, 0) is 89.2 Å². The fourth-order valence-electron chi connectivity index (χ4n) is 13.5. The first-order valence-corrected chi connectivity index (χ1v) is 43.6.